The lowest BCUT2D eigenvalue weighted by molar-refractivity contribution is 0.0822. The van der Waals surface area contributed by atoms with Crippen LogP contribution in [0.2, 0.25) is 0 Å². The largest absolute Gasteiger partial charge is 0.497 e. The summed E-state index contributed by atoms with van der Waals surface area (Å²) in [5.41, 5.74) is 2.60. The maximum absolute atomic E-state index is 12.7. The molecule has 3 aromatic rings. The van der Waals surface area contributed by atoms with Crippen LogP contribution in [-0.4, -0.2) is 79.5 Å². The van der Waals surface area contributed by atoms with E-state index in [4.69, 9.17) is 24.4 Å². The summed E-state index contributed by atoms with van der Waals surface area (Å²) < 4.78 is 10.9. The van der Waals surface area contributed by atoms with E-state index in [0.717, 1.165) is 27.5 Å². The van der Waals surface area contributed by atoms with Crippen LogP contribution in [0.4, 0.5) is 5.82 Å². The van der Waals surface area contributed by atoms with Crippen LogP contribution in [0.5, 0.6) is 5.75 Å². The van der Waals surface area contributed by atoms with Crippen molar-refractivity contribution in [3.8, 4) is 17.1 Å². The zero-order valence-electron chi connectivity index (χ0n) is 18.1. The van der Waals surface area contributed by atoms with Crippen LogP contribution in [-0.2, 0) is 4.74 Å². The summed E-state index contributed by atoms with van der Waals surface area (Å²) in [6, 6.07) is 9.49. The fourth-order valence-electron chi connectivity index (χ4n) is 3.44. The smallest absolute Gasteiger partial charge is 0.271 e. The van der Waals surface area contributed by atoms with E-state index in [9.17, 15) is 4.79 Å². The van der Waals surface area contributed by atoms with Gasteiger partial charge in [-0.3, -0.25) is 4.79 Å². The molecule has 0 saturated carbocycles. The predicted molar refractivity (Wildman–Crippen MR) is 122 cm³/mol. The van der Waals surface area contributed by atoms with E-state index in [2.05, 4.69) is 4.90 Å². The van der Waals surface area contributed by atoms with Crippen molar-refractivity contribution < 1.29 is 14.3 Å². The third kappa shape index (κ3) is 4.28. The lowest BCUT2D eigenvalue weighted by atomic mass is 10.2. The van der Waals surface area contributed by atoms with Crippen molar-refractivity contribution >= 4 is 34.5 Å². The number of thioether (sulfide) groups is 1. The molecule has 1 aliphatic heterocycles. The first-order chi connectivity index (χ1) is 15.0. The van der Waals surface area contributed by atoms with Gasteiger partial charge < -0.3 is 19.3 Å². The van der Waals surface area contributed by atoms with Gasteiger partial charge in [0.1, 0.15) is 22.5 Å². The molecule has 0 spiro atoms. The van der Waals surface area contributed by atoms with Crippen LogP contribution in [0.15, 0.2) is 35.2 Å². The van der Waals surface area contributed by atoms with Crippen LogP contribution in [0.1, 0.15) is 10.5 Å². The third-order valence-electron chi connectivity index (χ3n) is 5.08. The van der Waals surface area contributed by atoms with Crippen LogP contribution in [0, 0.1) is 0 Å². The normalized spacial score (nSPS) is 14.0. The molecule has 0 radical (unpaired) electrons. The molecule has 31 heavy (non-hydrogen) atoms. The van der Waals surface area contributed by atoms with Crippen LogP contribution >= 0.6 is 11.8 Å². The van der Waals surface area contributed by atoms with Gasteiger partial charge in [-0.15, -0.1) is 11.8 Å². The molecule has 9 heteroatoms. The van der Waals surface area contributed by atoms with Crippen molar-refractivity contribution in [2.24, 2.45) is 0 Å². The second kappa shape index (κ2) is 9.07. The van der Waals surface area contributed by atoms with Crippen molar-refractivity contribution in [2.75, 3.05) is 58.7 Å². The summed E-state index contributed by atoms with van der Waals surface area (Å²) >= 11 is 1.54. The van der Waals surface area contributed by atoms with E-state index in [0.29, 0.717) is 43.3 Å². The zero-order chi connectivity index (χ0) is 22.0. The number of hydrogen-bond acceptors (Lipinski definition) is 8. The summed E-state index contributed by atoms with van der Waals surface area (Å²) in [5.74, 6) is 1.90. The molecule has 1 aromatic carbocycles. The monoisotopic (exact) mass is 439 g/mol. The van der Waals surface area contributed by atoms with Gasteiger partial charge in [0.15, 0.2) is 11.6 Å². The molecule has 1 amide bonds. The fourth-order valence-corrected chi connectivity index (χ4v) is 4.01. The molecule has 4 rings (SSSR count). The number of ether oxygens (including phenoxy) is 2. The highest BCUT2D eigenvalue weighted by atomic mass is 32.2. The van der Waals surface area contributed by atoms with Crippen LogP contribution in [0.25, 0.3) is 22.4 Å². The molecule has 2 aromatic heterocycles. The number of anilines is 1. The topological polar surface area (TPSA) is 80.7 Å². The number of hydrogen-bond donors (Lipinski definition) is 0. The Morgan fingerprint density at radius 1 is 1.13 bits per heavy atom. The first-order valence-electron chi connectivity index (χ1n) is 9.97. The Labute approximate surface area is 185 Å². The molecule has 0 N–H and O–H groups in total. The summed E-state index contributed by atoms with van der Waals surface area (Å²) in [6.45, 7) is 2.63. The molecule has 1 saturated heterocycles. The fraction of sp³-hybridized carbons (Fsp3) is 0.364. The van der Waals surface area contributed by atoms with Crippen molar-refractivity contribution in [2.45, 2.75) is 4.90 Å². The van der Waals surface area contributed by atoms with Crippen LogP contribution < -0.4 is 9.64 Å². The lowest BCUT2D eigenvalue weighted by Gasteiger charge is -2.29. The molecule has 0 atom stereocenters. The SMILES string of the molecule is COc1cccc(-c2nc(N3CCOCC3)c3nc(C(=O)N(C)C)cc(SC)c3n2)c1. The van der Waals surface area contributed by atoms with Crippen molar-refractivity contribution in [3.63, 3.8) is 0 Å². The van der Waals surface area contributed by atoms with Crippen molar-refractivity contribution in [1.82, 2.24) is 19.9 Å². The molecule has 0 unspecified atom stereocenters. The number of fused-ring (bicyclic) bond motifs is 1. The Morgan fingerprint density at radius 2 is 1.90 bits per heavy atom. The number of carbonyl (C=O) groups excluding carboxylic acids is 1. The number of rotatable bonds is 5. The second-order valence-electron chi connectivity index (χ2n) is 7.31. The average molecular weight is 440 g/mol. The number of pyridine rings is 1. The highest BCUT2D eigenvalue weighted by molar-refractivity contribution is 7.98. The number of carbonyl (C=O) groups is 1. The Morgan fingerprint density at radius 3 is 2.58 bits per heavy atom. The number of methoxy groups -OCH3 is 1. The van der Waals surface area contributed by atoms with Gasteiger partial charge in [0.25, 0.3) is 5.91 Å². The Hall–Kier alpha value is -2.91. The minimum absolute atomic E-state index is 0.151. The average Bonchev–Trinajstić information content (AvgIpc) is 2.82. The molecule has 3 heterocycles. The van der Waals surface area contributed by atoms with E-state index in [1.165, 1.54) is 16.7 Å². The standard InChI is InChI=1S/C22H25N5O3S/c1-26(2)22(28)16-13-17(31-4)18-19(23-16)21(27-8-10-30-11-9-27)25-20(24-18)14-6-5-7-15(12-14)29-3/h5-7,12-13H,8-11H2,1-4H3. The number of benzene rings is 1. The first kappa shape index (κ1) is 21.3. The van der Waals surface area contributed by atoms with E-state index in [-0.39, 0.29) is 5.91 Å². The maximum atomic E-state index is 12.7. The van der Waals surface area contributed by atoms with E-state index >= 15 is 0 Å². The Bertz CT molecular complexity index is 1120. The van der Waals surface area contributed by atoms with E-state index < -0.39 is 0 Å². The highest BCUT2D eigenvalue weighted by Crippen LogP contribution is 2.33. The molecule has 1 fully saturated rings. The molecule has 0 bridgehead atoms. The number of aromatic nitrogens is 3. The molecule has 162 valence electrons. The minimum atomic E-state index is -0.151. The predicted octanol–water partition coefficient (Wildman–Crippen LogP) is 2.96. The van der Waals surface area contributed by atoms with Gasteiger partial charge >= 0.3 is 0 Å². The number of amides is 1. The van der Waals surface area contributed by atoms with Gasteiger partial charge in [-0.05, 0) is 24.5 Å². The quantitative estimate of drug-likeness (QED) is 0.562. The summed E-state index contributed by atoms with van der Waals surface area (Å²) in [5, 5.41) is 0. The van der Waals surface area contributed by atoms with Gasteiger partial charge in [-0.1, -0.05) is 12.1 Å². The Kier molecular flexibility index (Phi) is 6.24. The van der Waals surface area contributed by atoms with Gasteiger partial charge in [-0.25, -0.2) is 15.0 Å². The lowest BCUT2D eigenvalue weighted by Crippen LogP contribution is -2.37. The first-order valence-corrected chi connectivity index (χ1v) is 11.2. The maximum Gasteiger partial charge on any atom is 0.271 e. The van der Waals surface area contributed by atoms with Gasteiger partial charge in [0.2, 0.25) is 0 Å². The van der Waals surface area contributed by atoms with E-state index in [1.54, 1.807) is 27.3 Å². The number of nitrogens with zero attached hydrogens (tertiary/aromatic N) is 5. The highest BCUT2D eigenvalue weighted by Gasteiger charge is 2.23. The minimum Gasteiger partial charge on any atom is -0.497 e. The van der Waals surface area contributed by atoms with Crippen LogP contribution in [0.3, 0.4) is 0 Å². The zero-order valence-corrected chi connectivity index (χ0v) is 18.9. The third-order valence-corrected chi connectivity index (χ3v) is 5.83. The van der Waals surface area contributed by atoms with Crippen molar-refractivity contribution in [1.29, 1.82) is 0 Å². The molecular formula is C22H25N5O3S. The molecule has 1 aliphatic rings. The molecule has 8 nitrogen and oxygen atoms in total. The molecular weight excluding hydrogens is 414 g/mol. The second-order valence-corrected chi connectivity index (χ2v) is 8.16. The summed E-state index contributed by atoms with van der Waals surface area (Å²) in [7, 11) is 5.08. The van der Waals surface area contributed by atoms with Crippen molar-refractivity contribution in [3.05, 3.63) is 36.0 Å². The molecule has 0 aliphatic carbocycles. The van der Waals surface area contributed by atoms with Gasteiger partial charge in [0.05, 0.1) is 20.3 Å². The summed E-state index contributed by atoms with van der Waals surface area (Å²) in [4.78, 5) is 31.7. The Balaban J connectivity index is 1.97. The number of morpholine rings is 1. The van der Waals surface area contributed by atoms with Gasteiger partial charge in [-0.2, -0.15) is 0 Å². The summed E-state index contributed by atoms with van der Waals surface area (Å²) in [6.07, 6.45) is 1.97. The van der Waals surface area contributed by atoms with E-state index in [1.807, 2.05) is 30.5 Å². The van der Waals surface area contributed by atoms with Gasteiger partial charge in [0, 0.05) is 37.6 Å².